The molecule has 6 nitrogen and oxygen atoms in total. The van der Waals surface area contributed by atoms with E-state index in [9.17, 15) is 9.59 Å². The molecule has 17 heavy (non-hydrogen) atoms. The first-order valence-corrected chi connectivity index (χ1v) is 5.68. The molecule has 0 saturated carbocycles. The van der Waals surface area contributed by atoms with Gasteiger partial charge < -0.3 is 15.2 Å². The third-order valence-corrected chi connectivity index (χ3v) is 2.48. The molecule has 1 heterocycles. The Morgan fingerprint density at radius 2 is 2.06 bits per heavy atom. The number of carboxylic acids is 1. The summed E-state index contributed by atoms with van der Waals surface area (Å²) < 4.78 is 5.25. The van der Waals surface area contributed by atoms with Crippen molar-refractivity contribution in [1.29, 1.82) is 0 Å². The van der Waals surface area contributed by atoms with Crippen LogP contribution in [0.5, 0.6) is 0 Å². The minimum Gasteiger partial charge on any atom is -0.480 e. The summed E-state index contributed by atoms with van der Waals surface area (Å²) in [5, 5.41) is 11.3. The maximum absolute atomic E-state index is 11.4. The lowest BCUT2D eigenvalue weighted by Gasteiger charge is -2.46. The second kappa shape index (κ2) is 5.46. The maximum Gasteiger partial charge on any atom is 0.329 e. The van der Waals surface area contributed by atoms with Gasteiger partial charge in [0.2, 0.25) is 5.91 Å². The Bertz CT molecular complexity index is 298. The fraction of sp³-hybridized carbons (Fsp3) is 0.818. The van der Waals surface area contributed by atoms with Gasteiger partial charge in [-0.3, -0.25) is 9.69 Å². The molecule has 0 aliphatic carbocycles. The van der Waals surface area contributed by atoms with Gasteiger partial charge in [-0.1, -0.05) is 0 Å². The fourth-order valence-corrected chi connectivity index (χ4v) is 1.91. The van der Waals surface area contributed by atoms with E-state index in [4.69, 9.17) is 9.84 Å². The molecule has 1 aliphatic heterocycles. The normalized spacial score (nSPS) is 18.8. The van der Waals surface area contributed by atoms with E-state index in [1.165, 1.54) is 0 Å². The van der Waals surface area contributed by atoms with Crippen molar-refractivity contribution in [3.8, 4) is 0 Å². The Morgan fingerprint density at radius 3 is 2.53 bits per heavy atom. The van der Waals surface area contributed by atoms with Crippen molar-refractivity contribution in [3.63, 3.8) is 0 Å². The smallest absolute Gasteiger partial charge is 0.329 e. The number of nitrogens with one attached hydrogen (secondary N) is 1. The first-order valence-electron chi connectivity index (χ1n) is 5.68. The summed E-state index contributed by atoms with van der Waals surface area (Å²) in [6.45, 7) is 6.90. The first-order chi connectivity index (χ1) is 7.81. The lowest BCUT2D eigenvalue weighted by Crippen LogP contribution is -2.63. The third kappa shape index (κ3) is 4.70. The zero-order valence-electron chi connectivity index (χ0n) is 10.5. The van der Waals surface area contributed by atoms with Crippen LogP contribution in [0, 0.1) is 0 Å². The predicted molar refractivity (Wildman–Crippen MR) is 61.7 cm³/mol. The second-order valence-corrected chi connectivity index (χ2v) is 5.00. The highest BCUT2D eigenvalue weighted by Gasteiger charge is 2.40. The number of carboxylic acid groups (broad SMARTS) is 1. The molecule has 6 heteroatoms. The number of hydrogen-bond donors (Lipinski definition) is 2. The summed E-state index contributed by atoms with van der Waals surface area (Å²) in [4.78, 5) is 23.7. The minimum absolute atomic E-state index is 0.0136. The summed E-state index contributed by atoms with van der Waals surface area (Å²) >= 11 is 0. The predicted octanol–water partition coefficient (Wildman–Crippen LogP) is -0.313. The molecule has 1 aliphatic rings. The standard InChI is InChI=1S/C11H20N2O4/c1-8(2)12-9(14)4-13-6-11(3,7-13)17-5-10(15)16/h8H,4-7H2,1-3H3,(H,12,14)(H,15,16). The highest BCUT2D eigenvalue weighted by molar-refractivity contribution is 5.78. The molecule has 1 amide bonds. The summed E-state index contributed by atoms with van der Waals surface area (Å²) in [5.41, 5.74) is -0.434. The Kier molecular flexibility index (Phi) is 4.47. The van der Waals surface area contributed by atoms with Gasteiger partial charge in [0, 0.05) is 19.1 Å². The molecule has 0 aromatic rings. The second-order valence-electron chi connectivity index (χ2n) is 5.00. The van der Waals surface area contributed by atoms with E-state index in [0.29, 0.717) is 19.6 Å². The quantitative estimate of drug-likeness (QED) is 0.670. The Balaban J connectivity index is 2.21. The molecule has 1 fully saturated rings. The molecule has 98 valence electrons. The topological polar surface area (TPSA) is 78.9 Å². The summed E-state index contributed by atoms with van der Waals surface area (Å²) in [5.74, 6) is -0.984. The van der Waals surface area contributed by atoms with Gasteiger partial charge in [0.1, 0.15) is 6.61 Å². The number of likely N-dealkylation sites (tertiary alicyclic amines) is 1. The number of ether oxygens (including phenoxy) is 1. The van der Waals surface area contributed by atoms with Gasteiger partial charge >= 0.3 is 5.97 Å². The largest absolute Gasteiger partial charge is 0.480 e. The van der Waals surface area contributed by atoms with Crippen molar-refractivity contribution in [3.05, 3.63) is 0 Å². The van der Waals surface area contributed by atoms with Crippen molar-refractivity contribution in [2.24, 2.45) is 0 Å². The molecular formula is C11H20N2O4. The average molecular weight is 244 g/mol. The molecule has 1 rings (SSSR count). The van der Waals surface area contributed by atoms with Crippen molar-refractivity contribution < 1.29 is 19.4 Å². The van der Waals surface area contributed by atoms with Gasteiger partial charge in [-0.05, 0) is 20.8 Å². The molecular weight excluding hydrogens is 224 g/mol. The zero-order valence-corrected chi connectivity index (χ0v) is 10.5. The first kappa shape index (κ1) is 13.9. The maximum atomic E-state index is 11.4. The lowest BCUT2D eigenvalue weighted by molar-refractivity contribution is -0.166. The number of aliphatic carboxylic acids is 1. The Hall–Kier alpha value is -1.14. The molecule has 0 radical (unpaired) electrons. The van der Waals surface area contributed by atoms with Crippen LogP contribution in [0.25, 0.3) is 0 Å². The SMILES string of the molecule is CC(C)NC(=O)CN1CC(C)(OCC(=O)O)C1. The lowest BCUT2D eigenvalue weighted by atomic mass is 9.96. The number of hydrogen-bond acceptors (Lipinski definition) is 4. The van der Waals surface area contributed by atoms with E-state index in [2.05, 4.69) is 5.32 Å². The van der Waals surface area contributed by atoms with Crippen LogP contribution in [0.3, 0.4) is 0 Å². The van der Waals surface area contributed by atoms with Crippen molar-refractivity contribution >= 4 is 11.9 Å². The monoisotopic (exact) mass is 244 g/mol. The van der Waals surface area contributed by atoms with E-state index >= 15 is 0 Å². The molecule has 1 saturated heterocycles. The minimum atomic E-state index is -0.970. The number of rotatable bonds is 6. The molecule has 0 atom stereocenters. The van der Waals surface area contributed by atoms with Gasteiger partial charge in [0.25, 0.3) is 0 Å². The number of carbonyl (C=O) groups is 2. The summed E-state index contributed by atoms with van der Waals surface area (Å²) in [6, 6.07) is 0.137. The molecule has 2 N–H and O–H groups in total. The van der Waals surface area contributed by atoms with Crippen LogP contribution >= 0.6 is 0 Å². The van der Waals surface area contributed by atoms with Gasteiger partial charge in [-0.15, -0.1) is 0 Å². The number of carbonyl (C=O) groups excluding carboxylic acids is 1. The van der Waals surface area contributed by atoms with Gasteiger partial charge in [-0.2, -0.15) is 0 Å². The van der Waals surface area contributed by atoms with Gasteiger partial charge in [0.05, 0.1) is 12.1 Å². The molecule has 0 aromatic carbocycles. The van der Waals surface area contributed by atoms with Crippen LogP contribution in [0.2, 0.25) is 0 Å². The van der Waals surface area contributed by atoms with Crippen molar-refractivity contribution in [2.45, 2.75) is 32.4 Å². The van der Waals surface area contributed by atoms with Crippen molar-refractivity contribution in [2.75, 3.05) is 26.2 Å². The average Bonchev–Trinajstić information content (AvgIpc) is 2.10. The Labute approximate surface area is 101 Å². The van der Waals surface area contributed by atoms with E-state index in [1.807, 2.05) is 25.7 Å². The van der Waals surface area contributed by atoms with Gasteiger partial charge in [-0.25, -0.2) is 4.79 Å². The highest BCUT2D eigenvalue weighted by Crippen LogP contribution is 2.23. The van der Waals surface area contributed by atoms with E-state index in [0.717, 1.165) is 0 Å². The molecule has 0 bridgehead atoms. The molecule has 0 aromatic heterocycles. The van der Waals surface area contributed by atoms with E-state index in [-0.39, 0.29) is 18.6 Å². The highest BCUT2D eigenvalue weighted by atomic mass is 16.5. The van der Waals surface area contributed by atoms with Crippen LogP contribution < -0.4 is 5.32 Å². The van der Waals surface area contributed by atoms with Crippen molar-refractivity contribution in [1.82, 2.24) is 10.2 Å². The zero-order chi connectivity index (χ0) is 13.1. The summed E-state index contributed by atoms with van der Waals surface area (Å²) in [6.07, 6.45) is 0. The van der Waals surface area contributed by atoms with Crippen LogP contribution in [-0.4, -0.2) is 59.8 Å². The summed E-state index contributed by atoms with van der Waals surface area (Å²) in [7, 11) is 0. The molecule has 0 spiro atoms. The number of amides is 1. The van der Waals surface area contributed by atoms with Crippen LogP contribution in [-0.2, 0) is 14.3 Å². The molecule has 0 unspecified atom stereocenters. The fourth-order valence-electron chi connectivity index (χ4n) is 1.91. The van der Waals surface area contributed by atoms with E-state index in [1.54, 1.807) is 0 Å². The third-order valence-electron chi connectivity index (χ3n) is 2.48. The Morgan fingerprint density at radius 1 is 1.47 bits per heavy atom. The number of nitrogens with zero attached hydrogens (tertiary/aromatic N) is 1. The van der Waals surface area contributed by atoms with Gasteiger partial charge in [0.15, 0.2) is 0 Å². The van der Waals surface area contributed by atoms with Crippen LogP contribution in [0.4, 0.5) is 0 Å². The van der Waals surface area contributed by atoms with Crippen LogP contribution in [0.1, 0.15) is 20.8 Å². The van der Waals surface area contributed by atoms with E-state index < -0.39 is 11.6 Å². The van der Waals surface area contributed by atoms with Crippen LogP contribution in [0.15, 0.2) is 0 Å².